The molecule has 0 aliphatic rings. The molecule has 2 rings (SSSR count). The minimum atomic E-state index is -1.22. The maximum atomic E-state index is 12.0. The van der Waals surface area contributed by atoms with E-state index in [4.69, 9.17) is 40.5 Å². The molecule has 0 saturated heterocycles. The molecule has 0 aliphatic heterocycles. The molecule has 2 aromatic carbocycles. The van der Waals surface area contributed by atoms with Gasteiger partial charge in [-0.2, -0.15) is 0 Å². The molecule has 3 nitrogen and oxygen atoms in total. The molecule has 0 heterocycles. The molecular formula is C15H13Cl3N2O. The van der Waals surface area contributed by atoms with Crippen molar-refractivity contribution >= 4 is 46.4 Å². The molecule has 21 heavy (non-hydrogen) atoms. The zero-order valence-electron chi connectivity index (χ0n) is 11.2. The molecule has 2 aromatic rings. The van der Waals surface area contributed by atoms with Crippen LogP contribution in [0.2, 0.25) is 15.1 Å². The van der Waals surface area contributed by atoms with Gasteiger partial charge in [0.1, 0.15) is 5.54 Å². The lowest BCUT2D eigenvalue weighted by Gasteiger charge is -2.30. The SMILES string of the molecule is CC(Nc1cccc(Cl)c1)(C(N)=O)c1cccc(Cl)c1Cl. The Balaban J connectivity index is 2.51. The molecule has 0 aromatic heterocycles. The number of hydrogen-bond donors (Lipinski definition) is 2. The van der Waals surface area contributed by atoms with Crippen LogP contribution in [-0.4, -0.2) is 5.91 Å². The third-order valence-corrected chi connectivity index (χ3v) is 4.26. The van der Waals surface area contributed by atoms with Gasteiger partial charge in [-0.1, -0.05) is 53.0 Å². The molecule has 0 radical (unpaired) electrons. The van der Waals surface area contributed by atoms with Gasteiger partial charge in [0, 0.05) is 16.3 Å². The van der Waals surface area contributed by atoms with E-state index in [2.05, 4.69) is 5.32 Å². The Bertz CT molecular complexity index is 690. The van der Waals surface area contributed by atoms with Crippen LogP contribution in [0.5, 0.6) is 0 Å². The van der Waals surface area contributed by atoms with E-state index >= 15 is 0 Å². The van der Waals surface area contributed by atoms with Gasteiger partial charge in [-0.15, -0.1) is 0 Å². The van der Waals surface area contributed by atoms with Crippen LogP contribution >= 0.6 is 34.8 Å². The molecular weight excluding hydrogens is 331 g/mol. The van der Waals surface area contributed by atoms with Crippen LogP contribution < -0.4 is 11.1 Å². The fraction of sp³-hybridized carbons (Fsp3) is 0.133. The van der Waals surface area contributed by atoms with Gasteiger partial charge >= 0.3 is 0 Å². The third kappa shape index (κ3) is 3.26. The van der Waals surface area contributed by atoms with Gasteiger partial charge in [0.25, 0.3) is 0 Å². The van der Waals surface area contributed by atoms with Crippen molar-refractivity contribution in [1.29, 1.82) is 0 Å². The van der Waals surface area contributed by atoms with E-state index in [1.807, 2.05) is 0 Å². The molecule has 0 aliphatic carbocycles. The van der Waals surface area contributed by atoms with Crippen molar-refractivity contribution in [3.8, 4) is 0 Å². The molecule has 0 fully saturated rings. The quantitative estimate of drug-likeness (QED) is 0.861. The average Bonchev–Trinajstić information content (AvgIpc) is 2.41. The zero-order valence-corrected chi connectivity index (χ0v) is 13.4. The topological polar surface area (TPSA) is 55.1 Å². The van der Waals surface area contributed by atoms with Gasteiger partial charge in [-0.25, -0.2) is 0 Å². The summed E-state index contributed by atoms with van der Waals surface area (Å²) in [5.74, 6) is -0.577. The predicted molar refractivity (Wildman–Crippen MR) is 88.1 cm³/mol. The highest BCUT2D eigenvalue weighted by molar-refractivity contribution is 6.42. The Morgan fingerprint density at radius 2 is 1.81 bits per heavy atom. The first-order valence-corrected chi connectivity index (χ1v) is 7.26. The van der Waals surface area contributed by atoms with Crippen molar-refractivity contribution in [2.24, 2.45) is 5.73 Å². The monoisotopic (exact) mass is 342 g/mol. The van der Waals surface area contributed by atoms with Crippen molar-refractivity contribution in [1.82, 2.24) is 0 Å². The molecule has 1 unspecified atom stereocenters. The Kier molecular flexibility index (Phi) is 4.67. The molecule has 1 atom stereocenters. The van der Waals surface area contributed by atoms with Crippen molar-refractivity contribution < 1.29 is 4.79 Å². The highest BCUT2D eigenvalue weighted by atomic mass is 35.5. The normalized spacial score (nSPS) is 13.5. The number of hydrogen-bond acceptors (Lipinski definition) is 2. The lowest BCUT2D eigenvalue weighted by atomic mass is 9.90. The van der Waals surface area contributed by atoms with Crippen molar-refractivity contribution in [3.05, 3.63) is 63.1 Å². The Hall–Kier alpha value is -1.42. The number of anilines is 1. The number of carbonyl (C=O) groups excluding carboxylic acids is 1. The second kappa shape index (κ2) is 6.14. The number of primary amides is 1. The van der Waals surface area contributed by atoms with Gasteiger partial charge in [0.2, 0.25) is 5.91 Å². The lowest BCUT2D eigenvalue weighted by molar-refractivity contribution is -0.122. The van der Waals surface area contributed by atoms with Crippen molar-refractivity contribution in [2.75, 3.05) is 5.32 Å². The molecule has 0 bridgehead atoms. The fourth-order valence-corrected chi connectivity index (χ4v) is 2.69. The first kappa shape index (κ1) is 16.0. The van der Waals surface area contributed by atoms with Crippen LogP contribution in [0.15, 0.2) is 42.5 Å². The second-order valence-electron chi connectivity index (χ2n) is 4.73. The standard InChI is InChI=1S/C15H13Cl3N2O/c1-15(14(19)21,11-6-3-7-12(17)13(11)18)20-10-5-2-4-9(16)8-10/h2-8,20H,1H3,(H2,19,21). The molecule has 3 N–H and O–H groups in total. The van der Waals surface area contributed by atoms with E-state index in [0.717, 1.165) is 0 Å². The van der Waals surface area contributed by atoms with Crippen molar-refractivity contribution in [3.63, 3.8) is 0 Å². The summed E-state index contributed by atoms with van der Waals surface area (Å²) in [6.45, 7) is 1.65. The number of nitrogens with two attached hydrogens (primary N) is 1. The van der Waals surface area contributed by atoms with Crippen LogP contribution in [0.3, 0.4) is 0 Å². The van der Waals surface area contributed by atoms with Gasteiger partial charge in [0.15, 0.2) is 0 Å². The summed E-state index contributed by atoms with van der Waals surface area (Å²) >= 11 is 18.2. The Labute approximate surface area is 138 Å². The summed E-state index contributed by atoms with van der Waals surface area (Å²) in [5, 5.41) is 4.27. The van der Waals surface area contributed by atoms with Gasteiger partial charge in [-0.3, -0.25) is 4.79 Å². The van der Waals surface area contributed by atoms with Crippen LogP contribution in [-0.2, 0) is 10.3 Å². The highest BCUT2D eigenvalue weighted by Gasteiger charge is 2.35. The van der Waals surface area contributed by atoms with Crippen molar-refractivity contribution in [2.45, 2.75) is 12.5 Å². The molecule has 110 valence electrons. The number of amides is 1. The molecule has 0 saturated carbocycles. The van der Waals surface area contributed by atoms with Crippen LogP contribution in [0.1, 0.15) is 12.5 Å². The highest BCUT2D eigenvalue weighted by Crippen LogP contribution is 2.35. The zero-order chi connectivity index (χ0) is 15.6. The summed E-state index contributed by atoms with van der Waals surface area (Å²) in [6.07, 6.45) is 0. The number of halogens is 3. The third-order valence-electron chi connectivity index (χ3n) is 3.20. The summed E-state index contributed by atoms with van der Waals surface area (Å²) in [5.41, 5.74) is 5.51. The largest absolute Gasteiger partial charge is 0.368 e. The molecule has 0 spiro atoms. The average molecular weight is 344 g/mol. The predicted octanol–water partition coefficient (Wildman–Crippen LogP) is 4.46. The Morgan fingerprint density at radius 1 is 1.14 bits per heavy atom. The van der Waals surface area contributed by atoms with E-state index in [9.17, 15) is 4.79 Å². The number of rotatable bonds is 4. The van der Waals surface area contributed by atoms with Crippen LogP contribution in [0, 0.1) is 0 Å². The first-order valence-electron chi connectivity index (χ1n) is 6.13. The fourth-order valence-electron chi connectivity index (χ4n) is 2.01. The van der Waals surface area contributed by atoms with E-state index in [1.54, 1.807) is 49.4 Å². The van der Waals surface area contributed by atoms with E-state index in [0.29, 0.717) is 21.3 Å². The van der Waals surface area contributed by atoms with E-state index in [1.165, 1.54) is 0 Å². The maximum absolute atomic E-state index is 12.0. The number of benzene rings is 2. The maximum Gasteiger partial charge on any atom is 0.247 e. The summed E-state index contributed by atoms with van der Waals surface area (Å²) < 4.78 is 0. The van der Waals surface area contributed by atoms with Crippen LogP contribution in [0.25, 0.3) is 0 Å². The molecule has 1 amide bonds. The summed E-state index contributed by atoms with van der Waals surface area (Å²) in [6, 6.07) is 12.0. The Morgan fingerprint density at radius 3 is 2.43 bits per heavy atom. The number of nitrogens with one attached hydrogen (secondary N) is 1. The summed E-state index contributed by atoms with van der Waals surface area (Å²) in [4.78, 5) is 12.0. The van der Waals surface area contributed by atoms with Crippen LogP contribution in [0.4, 0.5) is 5.69 Å². The smallest absolute Gasteiger partial charge is 0.247 e. The second-order valence-corrected chi connectivity index (χ2v) is 5.95. The van der Waals surface area contributed by atoms with Gasteiger partial charge < -0.3 is 11.1 Å². The lowest BCUT2D eigenvalue weighted by Crippen LogP contribution is -2.45. The molecule has 6 heteroatoms. The number of carbonyl (C=O) groups is 1. The minimum absolute atomic E-state index is 0.287. The van der Waals surface area contributed by atoms with E-state index < -0.39 is 11.4 Å². The summed E-state index contributed by atoms with van der Waals surface area (Å²) in [7, 11) is 0. The van der Waals surface area contributed by atoms with Gasteiger partial charge in [0.05, 0.1) is 10.0 Å². The first-order chi connectivity index (χ1) is 9.84. The van der Waals surface area contributed by atoms with E-state index in [-0.39, 0.29) is 5.02 Å². The minimum Gasteiger partial charge on any atom is -0.368 e. The van der Waals surface area contributed by atoms with Gasteiger partial charge in [-0.05, 0) is 31.2 Å².